The number of benzene rings is 1. The number of nitrogens with zero attached hydrogens (tertiary/aromatic N) is 1. The fourth-order valence-corrected chi connectivity index (χ4v) is 3.33. The molecule has 1 fully saturated rings. The molecule has 2 unspecified atom stereocenters. The van der Waals surface area contributed by atoms with Crippen molar-refractivity contribution in [2.45, 2.75) is 24.8 Å². The lowest BCUT2D eigenvalue weighted by molar-refractivity contribution is 0.194. The van der Waals surface area contributed by atoms with Crippen molar-refractivity contribution in [2.24, 2.45) is 5.73 Å². The minimum absolute atomic E-state index is 0.0241. The first-order valence-corrected chi connectivity index (χ1v) is 7.53. The van der Waals surface area contributed by atoms with Gasteiger partial charge in [0.25, 0.3) is 0 Å². The molecule has 1 aliphatic heterocycles. The van der Waals surface area contributed by atoms with Crippen molar-refractivity contribution in [1.29, 1.82) is 0 Å². The molecular formula is C15H18N2OS. The maximum absolute atomic E-state index is 6.23. The molecule has 1 aromatic carbocycles. The summed E-state index contributed by atoms with van der Waals surface area (Å²) in [5.41, 5.74) is 8.50. The summed E-state index contributed by atoms with van der Waals surface area (Å²) in [4.78, 5) is 4.72. The van der Waals surface area contributed by atoms with Crippen molar-refractivity contribution < 1.29 is 4.74 Å². The van der Waals surface area contributed by atoms with E-state index in [-0.39, 0.29) is 6.04 Å². The largest absolute Gasteiger partial charge is 0.381 e. The molecule has 1 saturated heterocycles. The maximum Gasteiger partial charge on any atom is 0.0983 e. The van der Waals surface area contributed by atoms with E-state index in [4.69, 9.17) is 15.5 Å². The van der Waals surface area contributed by atoms with Gasteiger partial charge >= 0.3 is 0 Å². The van der Waals surface area contributed by atoms with Gasteiger partial charge in [0.2, 0.25) is 0 Å². The molecule has 4 heteroatoms. The van der Waals surface area contributed by atoms with E-state index in [0.29, 0.717) is 5.92 Å². The predicted octanol–water partition coefficient (Wildman–Crippen LogP) is 2.89. The number of nitrogens with two attached hydrogens (primary N) is 1. The van der Waals surface area contributed by atoms with Crippen LogP contribution in [0.1, 0.15) is 34.6 Å². The first-order valence-electron chi connectivity index (χ1n) is 6.65. The fraction of sp³-hybridized carbons (Fsp3) is 0.400. The zero-order valence-corrected chi connectivity index (χ0v) is 11.6. The summed E-state index contributed by atoms with van der Waals surface area (Å²) >= 11 is 1.74. The molecule has 0 radical (unpaired) electrons. The van der Waals surface area contributed by atoms with Gasteiger partial charge < -0.3 is 10.5 Å². The first-order chi connectivity index (χ1) is 9.33. The highest BCUT2D eigenvalue weighted by molar-refractivity contribution is 7.09. The summed E-state index contributed by atoms with van der Waals surface area (Å²) in [6.07, 6.45) is 1.89. The number of aromatic nitrogens is 1. The van der Waals surface area contributed by atoms with Crippen LogP contribution in [0, 0.1) is 0 Å². The van der Waals surface area contributed by atoms with Crippen molar-refractivity contribution in [3.05, 3.63) is 52.0 Å². The Morgan fingerprint density at radius 1 is 1.37 bits per heavy atom. The second-order valence-corrected chi connectivity index (χ2v) is 5.85. The minimum Gasteiger partial charge on any atom is -0.381 e. The summed E-state index contributed by atoms with van der Waals surface area (Å²) < 4.78 is 5.41. The van der Waals surface area contributed by atoms with E-state index in [0.717, 1.165) is 31.7 Å². The molecule has 2 N–H and O–H groups in total. The van der Waals surface area contributed by atoms with Gasteiger partial charge in [-0.2, -0.15) is 0 Å². The summed E-state index contributed by atoms with van der Waals surface area (Å²) in [7, 11) is 0. The molecule has 2 aromatic rings. The van der Waals surface area contributed by atoms with Gasteiger partial charge in [-0.05, 0) is 12.0 Å². The van der Waals surface area contributed by atoms with Crippen LogP contribution in [-0.2, 0) is 11.2 Å². The van der Waals surface area contributed by atoms with Gasteiger partial charge in [0.15, 0.2) is 0 Å². The third kappa shape index (κ3) is 3.03. The number of thiazole rings is 1. The molecular weight excluding hydrogens is 256 g/mol. The number of ether oxygens (including phenoxy) is 1. The van der Waals surface area contributed by atoms with Crippen LogP contribution in [-0.4, -0.2) is 18.2 Å². The van der Waals surface area contributed by atoms with E-state index in [9.17, 15) is 0 Å². The van der Waals surface area contributed by atoms with Crippen LogP contribution in [0.2, 0.25) is 0 Å². The Balaban J connectivity index is 1.66. The highest BCUT2D eigenvalue weighted by Gasteiger charge is 2.21. The van der Waals surface area contributed by atoms with E-state index in [2.05, 4.69) is 17.5 Å². The van der Waals surface area contributed by atoms with E-state index in [1.165, 1.54) is 10.6 Å². The average molecular weight is 274 g/mol. The lowest BCUT2D eigenvalue weighted by atomic mass is 10.0. The van der Waals surface area contributed by atoms with Gasteiger partial charge in [0.05, 0.1) is 17.3 Å². The first kappa shape index (κ1) is 12.8. The number of hydrogen-bond acceptors (Lipinski definition) is 4. The fourth-order valence-electron chi connectivity index (χ4n) is 2.38. The summed E-state index contributed by atoms with van der Waals surface area (Å²) in [5, 5.41) is 3.34. The molecule has 0 bridgehead atoms. The van der Waals surface area contributed by atoms with E-state index in [1.807, 2.05) is 18.2 Å². The molecule has 0 spiro atoms. The van der Waals surface area contributed by atoms with Crippen LogP contribution in [0.25, 0.3) is 0 Å². The van der Waals surface area contributed by atoms with E-state index < -0.39 is 0 Å². The van der Waals surface area contributed by atoms with Gasteiger partial charge in [-0.1, -0.05) is 30.3 Å². The van der Waals surface area contributed by atoms with Gasteiger partial charge in [0, 0.05) is 30.4 Å². The van der Waals surface area contributed by atoms with Crippen LogP contribution in [0.5, 0.6) is 0 Å². The van der Waals surface area contributed by atoms with Crippen LogP contribution < -0.4 is 5.73 Å². The van der Waals surface area contributed by atoms with Gasteiger partial charge in [0.1, 0.15) is 0 Å². The third-order valence-electron chi connectivity index (χ3n) is 3.51. The topological polar surface area (TPSA) is 48.1 Å². The quantitative estimate of drug-likeness (QED) is 0.932. The zero-order valence-electron chi connectivity index (χ0n) is 10.8. The van der Waals surface area contributed by atoms with Crippen LogP contribution in [0.15, 0.2) is 35.7 Å². The lowest BCUT2D eigenvalue weighted by Gasteiger charge is -2.10. The van der Waals surface area contributed by atoms with Crippen molar-refractivity contribution in [1.82, 2.24) is 4.98 Å². The Morgan fingerprint density at radius 2 is 2.21 bits per heavy atom. The normalized spacial score (nSPS) is 20.6. The van der Waals surface area contributed by atoms with Crippen molar-refractivity contribution >= 4 is 11.3 Å². The molecule has 1 aromatic heterocycles. The van der Waals surface area contributed by atoms with E-state index >= 15 is 0 Å². The second kappa shape index (κ2) is 5.82. The molecule has 3 nitrogen and oxygen atoms in total. The molecule has 3 rings (SSSR count). The standard InChI is InChI=1S/C15H18N2OS/c16-14(11-4-2-1-3-5-11)8-13-10-19-15(17-13)12-6-7-18-9-12/h1-5,10,12,14H,6-9,16H2. The Labute approximate surface area is 117 Å². The Bertz CT molecular complexity index is 520. The average Bonchev–Trinajstić information content (AvgIpc) is 3.10. The molecule has 0 amide bonds. The Kier molecular flexibility index (Phi) is 3.92. The maximum atomic E-state index is 6.23. The van der Waals surface area contributed by atoms with E-state index in [1.54, 1.807) is 11.3 Å². The molecule has 0 aliphatic carbocycles. The SMILES string of the molecule is NC(Cc1csc(C2CCOC2)n1)c1ccccc1. The van der Waals surface area contributed by atoms with Crippen LogP contribution in [0.4, 0.5) is 0 Å². The summed E-state index contributed by atoms with van der Waals surface area (Å²) in [5.74, 6) is 0.492. The van der Waals surface area contributed by atoms with Crippen molar-refractivity contribution in [3.8, 4) is 0 Å². The second-order valence-electron chi connectivity index (χ2n) is 4.96. The van der Waals surface area contributed by atoms with Crippen molar-refractivity contribution in [3.63, 3.8) is 0 Å². The van der Waals surface area contributed by atoms with Crippen LogP contribution in [0.3, 0.4) is 0 Å². The lowest BCUT2D eigenvalue weighted by Crippen LogP contribution is -2.13. The predicted molar refractivity (Wildman–Crippen MR) is 77.4 cm³/mol. The van der Waals surface area contributed by atoms with Gasteiger partial charge in [-0.25, -0.2) is 4.98 Å². The van der Waals surface area contributed by atoms with Crippen molar-refractivity contribution in [2.75, 3.05) is 13.2 Å². The third-order valence-corrected chi connectivity index (χ3v) is 4.56. The molecule has 2 heterocycles. The Morgan fingerprint density at radius 3 is 2.95 bits per heavy atom. The molecule has 1 aliphatic rings. The van der Waals surface area contributed by atoms with Gasteiger partial charge in [-0.3, -0.25) is 0 Å². The highest BCUT2D eigenvalue weighted by Crippen LogP contribution is 2.28. The number of hydrogen-bond donors (Lipinski definition) is 1. The molecule has 2 atom stereocenters. The molecule has 19 heavy (non-hydrogen) atoms. The van der Waals surface area contributed by atoms with Crippen LogP contribution >= 0.6 is 11.3 Å². The minimum atomic E-state index is 0.0241. The summed E-state index contributed by atoms with van der Waals surface area (Å²) in [6, 6.07) is 10.2. The number of rotatable bonds is 4. The Hall–Kier alpha value is -1.23. The molecule has 100 valence electrons. The van der Waals surface area contributed by atoms with Gasteiger partial charge in [-0.15, -0.1) is 11.3 Å². The smallest absolute Gasteiger partial charge is 0.0983 e. The monoisotopic (exact) mass is 274 g/mol. The zero-order chi connectivity index (χ0) is 13.1. The molecule has 0 saturated carbocycles. The summed E-state index contributed by atoms with van der Waals surface area (Å²) in [6.45, 7) is 1.68. The highest BCUT2D eigenvalue weighted by atomic mass is 32.1.